The number of hydrogen-bond donors (Lipinski definition) is 13. The standard InChI is InChI=1S/C54H86O24/c1-49(2)29-10-13-53(6)30(9-8-23-24-18-50(3,47(68)70-7)14-16-54(24,17-15-52(23,53)5)48(69)78-45-39(66)36(63)33(60)27(20-56)73-45)51(29,4)12-11-31(49)75-43-40(67)41(25(58)22-71-43)76-46-42(37(64)34(61)28(21-57)74-46)77-44-38(65)35(62)32(59)26(19-55)72-44/h8,24-46,55-67H,9-22H2,1-7H3. The zero-order valence-corrected chi connectivity index (χ0v) is 45.6. The highest BCUT2D eigenvalue weighted by atomic mass is 16.8. The van der Waals surface area contributed by atoms with Gasteiger partial charge in [-0.1, -0.05) is 46.3 Å². The predicted molar refractivity (Wildman–Crippen MR) is 263 cm³/mol. The van der Waals surface area contributed by atoms with Crippen molar-refractivity contribution in [1.82, 2.24) is 0 Å². The third-order valence-electron chi connectivity index (χ3n) is 21.5. The molecule has 8 fully saturated rings. The van der Waals surface area contributed by atoms with Crippen molar-refractivity contribution < 1.29 is 119 Å². The average molecular weight is 1120 g/mol. The van der Waals surface area contributed by atoms with Gasteiger partial charge in [0.25, 0.3) is 0 Å². The number of methoxy groups -OCH3 is 1. The molecule has 0 radical (unpaired) electrons. The van der Waals surface area contributed by atoms with Crippen LogP contribution >= 0.6 is 0 Å². The van der Waals surface area contributed by atoms with Gasteiger partial charge in [-0.3, -0.25) is 9.59 Å². The second kappa shape index (κ2) is 22.1. The molecule has 0 aromatic rings. The van der Waals surface area contributed by atoms with Crippen LogP contribution in [0.5, 0.6) is 0 Å². The van der Waals surface area contributed by atoms with E-state index in [-0.39, 0.29) is 41.7 Å². The third kappa shape index (κ3) is 9.63. The van der Waals surface area contributed by atoms with E-state index in [0.29, 0.717) is 38.5 Å². The summed E-state index contributed by atoms with van der Waals surface area (Å²) < 4.78 is 53.0. The van der Waals surface area contributed by atoms with Gasteiger partial charge < -0.3 is 109 Å². The first-order chi connectivity index (χ1) is 36.6. The minimum atomic E-state index is -1.92. The van der Waals surface area contributed by atoms with Crippen LogP contribution in [0.15, 0.2) is 11.6 Å². The zero-order valence-electron chi connectivity index (χ0n) is 45.6. The summed E-state index contributed by atoms with van der Waals surface area (Å²) in [6.45, 7) is 10.5. The van der Waals surface area contributed by atoms with Crippen molar-refractivity contribution in [3.63, 3.8) is 0 Å². The van der Waals surface area contributed by atoms with Crippen LogP contribution in [-0.4, -0.2) is 235 Å². The zero-order chi connectivity index (χ0) is 57.0. The molecular formula is C54H86O24. The fourth-order valence-corrected chi connectivity index (χ4v) is 16.5. The summed E-state index contributed by atoms with van der Waals surface area (Å²) in [7, 11) is 1.35. The molecule has 9 aliphatic rings. The molecule has 0 spiro atoms. The van der Waals surface area contributed by atoms with Crippen molar-refractivity contribution in [2.45, 2.75) is 229 Å². The molecule has 4 heterocycles. The first-order valence-electron chi connectivity index (χ1n) is 27.8. The van der Waals surface area contributed by atoms with E-state index in [1.807, 2.05) is 6.92 Å². The van der Waals surface area contributed by atoms with Crippen molar-refractivity contribution in [3.05, 3.63) is 11.6 Å². The Morgan fingerprint density at radius 2 is 1.14 bits per heavy atom. The van der Waals surface area contributed by atoms with E-state index in [2.05, 4.69) is 40.7 Å². The van der Waals surface area contributed by atoms with E-state index >= 15 is 0 Å². The maximum atomic E-state index is 14.9. The Labute approximate surface area is 453 Å². The van der Waals surface area contributed by atoms with Gasteiger partial charge in [0.2, 0.25) is 6.29 Å². The molecule has 24 nitrogen and oxygen atoms in total. The Morgan fingerprint density at radius 3 is 1.76 bits per heavy atom. The highest BCUT2D eigenvalue weighted by Gasteiger charge is 2.71. The molecule has 5 aliphatic carbocycles. The van der Waals surface area contributed by atoms with Crippen LogP contribution in [0.4, 0.5) is 0 Å². The minimum Gasteiger partial charge on any atom is -0.469 e. The van der Waals surface area contributed by atoms with Crippen LogP contribution in [0.1, 0.15) is 106 Å². The van der Waals surface area contributed by atoms with Crippen LogP contribution in [-0.2, 0) is 52.2 Å². The van der Waals surface area contributed by atoms with Gasteiger partial charge in [0, 0.05) is 0 Å². The van der Waals surface area contributed by atoms with Gasteiger partial charge in [0.05, 0.1) is 50.5 Å². The number of allylic oxidation sites excluding steroid dienone is 2. The van der Waals surface area contributed by atoms with Gasteiger partial charge in [-0.25, -0.2) is 0 Å². The lowest BCUT2D eigenvalue weighted by Gasteiger charge is -2.71. The Morgan fingerprint density at radius 1 is 0.577 bits per heavy atom. The van der Waals surface area contributed by atoms with Crippen molar-refractivity contribution in [2.24, 2.45) is 50.2 Å². The number of rotatable bonds is 12. The molecule has 28 atom stereocenters. The molecule has 4 saturated carbocycles. The summed E-state index contributed by atoms with van der Waals surface area (Å²) in [5, 5.41) is 138. The number of carbonyl (C=O) groups excluding carboxylic acids is 2. The van der Waals surface area contributed by atoms with E-state index in [1.54, 1.807) is 0 Å². The Hall–Kier alpha value is -2.12. The lowest BCUT2D eigenvalue weighted by Crippen LogP contribution is -2.67. The number of ether oxygens (including phenoxy) is 9. The molecule has 24 heteroatoms. The molecule has 78 heavy (non-hydrogen) atoms. The normalized spacial score (nSPS) is 53.1. The largest absolute Gasteiger partial charge is 0.469 e. The smallest absolute Gasteiger partial charge is 0.315 e. The van der Waals surface area contributed by atoms with E-state index in [4.69, 9.17) is 42.6 Å². The van der Waals surface area contributed by atoms with Crippen LogP contribution in [0.25, 0.3) is 0 Å². The fraction of sp³-hybridized carbons (Fsp3) is 0.926. The third-order valence-corrected chi connectivity index (χ3v) is 21.5. The fourth-order valence-electron chi connectivity index (χ4n) is 16.5. The lowest BCUT2D eigenvalue weighted by molar-refractivity contribution is -0.387. The monoisotopic (exact) mass is 1120 g/mol. The van der Waals surface area contributed by atoms with Crippen LogP contribution in [0.3, 0.4) is 0 Å². The maximum Gasteiger partial charge on any atom is 0.315 e. The van der Waals surface area contributed by atoms with Crippen molar-refractivity contribution in [2.75, 3.05) is 33.5 Å². The molecule has 0 bridgehead atoms. The summed E-state index contributed by atoms with van der Waals surface area (Å²) in [5.74, 6) is -1.25. The highest BCUT2D eigenvalue weighted by Crippen LogP contribution is 2.76. The van der Waals surface area contributed by atoms with Crippen molar-refractivity contribution in [3.8, 4) is 0 Å². The first-order valence-corrected chi connectivity index (χ1v) is 27.8. The Bertz CT molecular complexity index is 2180. The predicted octanol–water partition coefficient (Wildman–Crippen LogP) is -2.24. The summed E-state index contributed by atoms with van der Waals surface area (Å²) in [6.07, 6.45) is -24.2. The van der Waals surface area contributed by atoms with Crippen LogP contribution in [0, 0.1) is 50.2 Å². The van der Waals surface area contributed by atoms with Crippen LogP contribution in [0.2, 0.25) is 0 Å². The molecule has 9 rings (SSSR count). The molecule has 4 saturated heterocycles. The molecule has 0 amide bonds. The second-order valence-corrected chi connectivity index (χ2v) is 25.7. The van der Waals surface area contributed by atoms with Gasteiger partial charge in [-0.05, 0) is 111 Å². The Kier molecular flexibility index (Phi) is 17.2. The highest BCUT2D eigenvalue weighted by molar-refractivity contribution is 5.81. The van der Waals surface area contributed by atoms with Gasteiger partial charge in [-0.2, -0.15) is 0 Å². The molecule has 446 valence electrons. The van der Waals surface area contributed by atoms with E-state index in [0.717, 1.165) is 24.8 Å². The van der Waals surface area contributed by atoms with Crippen molar-refractivity contribution >= 4 is 11.9 Å². The van der Waals surface area contributed by atoms with E-state index in [1.165, 1.54) is 7.11 Å². The summed E-state index contributed by atoms with van der Waals surface area (Å²) in [6, 6.07) is 0. The molecular weight excluding hydrogens is 1030 g/mol. The van der Waals surface area contributed by atoms with Gasteiger partial charge >= 0.3 is 11.9 Å². The van der Waals surface area contributed by atoms with E-state index in [9.17, 15) is 76.0 Å². The number of carbonyl (C=O) groups is 2. The first kappa shape index (κ1) is 60.5. The lowest BCUT2D eigenvalue weighted by atomic mass is 9.33. The van der Waals surface area contributed by atoms with Gasteiger partial charge in [0.1, 0.15) is 91.6 Å². The van der Waals surface area contributed by atoms with Crippen LogP contribution < -0.4 is 0 Å². The van der Waals surface area contributed by atoms with Gasteiger partial charge in [-0.15, -0.1) is 0 Å². The van der Waals surface area contributed by atoms with E-state index < -0.39 is 176 Å². The number of aliphatic hydroxyl groups is 13. The number of aliphatic hydroxyl groups excluding tert-OH is 13. The average Bonchev–Trinajstić information content (AvgIpc) is 2.21. The molecule has 4 aliphatic heterocycles. The Balaban J connectivity index is 0.933. The maximum absolute atomic E-state index is 14.9. The molecule has 13 N–H and O–H groups in total. The number of hydrogen-bond acceptors (Lipinski definition) is 24. The summed E-state index contributed by atoms with van der Waals surface area (Å²) >= 11 is 0. The number of esters is 2. The molecule has 0 aromatic heterocycles. The topological polar surface area (TPSA) is 380 Å². The quantitative estimate of drug-likeness (QED) is 0.0558. The second-order valence-electron chi connectivity index (χ2n) is 25.7. The number of fused-ring (bicyclic) bond motifs is 7. The minimum absolute atomic E-state index is 0.0894. The van der Waals surface area contributed by atoms with Gasteiger partial charge in [0.15, 0.2) is 18.9 Å². The molecule has 28 unspecified atom stereocenters. The summed E-state index contributed by atoms with van der Waals surface area (Å²) in [5.41, 5.74) is -2.51. The molecule has 0 aromatic carbocycles. The SMILES string of the molecule is COC(=O)C1(C)CCC2(C(=O)OC3OC(CO)C(O)C(O)C3O)CCC3(C)C(=CCC4C5(C)CCC(OC6OCC(O)C(OC7OC(CO)C(O)C(O)C7OC7OC(CO)C(O)C(O)C7O)C6O)C(C)(C)C5CCC43C)C2C1. The van der Waals surface area contributed by atoms with Crippen molar-refractivity contribution in [1.29, 1.82) is 0 Å². The summed E-state index contributed by atoms with van der Waals surface area (Å²) in [4.78, 5) is 28.4.